The largest absolute Gasteiger partial charge is 0.373 e. The van der Waals surface area contributed by atoms with Crippen molar-refractivity contribution in [2.45, 2.75) is 45.1 Å². The molecule has 1 aromatic heterocycles. The molecular formula is C14H22N4O2. The fourth-order valence-corrected chi connectivity index (χ4v) is 2.88. The summed E-state index contributed by atoms with van der Waals surface area (Å²) < 4.78 is 0. The second-order valence-corrected chi connectivity index (χ2v) is 5.15. The smallest absolute Gasteiger partial charge is 0.276 e. The summed E-state index contributed by atoms with van der Waals surface area (Å²) >= 11 is 0. The molecule has 1 heterocycles. The van der Waals surface area contributed by atoms with Gasteiger partial charge in [-0.15, -0.1) is 0 Å². The lowest BCUT2D eigenvalue weighted by molar-refractivity contribution is -0.384. The number of anilines is 2. The molecule has 1 N–H and O–H groups in total. The highest BCUT2D eigenvalue weighted by Crippen LogP contribution is 2.29. The second-order valence-electron chi connectivity index (χ2n) is 5.15. The van der Waals surface area contributed by atoms with E-state index in [1.807, 2.05) is 0 Å². The molecule has 1 aromatic rings. The Morgan fingerprint density at radius 2 is 2.10 bits per heavy atom. The molecule has 110 valence electrons. The Bertz CT molecular complexity index is 472. The van der Waals surface area contributed by atoms with Crippen LogP contribution in [0.15, 0.2) is 12.1 Å². The van der Waals surface area contributed by atoms with Crippen LogP contribution >= 0.6 is 0 Å². The monoisotopic (exact) mass is 278 g/mol. The molecule has 0 aliphatic heterocycles. The zero-order chi connectivity index (χ0) is 14.5. The van der Waals surface area contributed by atoms with Crippen LogP contribution in [-0.2, 0) is 0 Å². The lowest BCUT2D eigenvalue weighted by atomic mass is 9.94. The fraction of sp³-hybridized carbons (Fsp3) is 0.643. The van der Waals surface area contributed by atoms with Crippen LogP contribution in [0.5, 0.6) is 0 Å². The SMILES string of the molecule is CCN(c1cc([N+](=O)[O-])cc(NC)n1)C1CCCCC1. The molecule has 20 heavy (non-hydrogen) atoms. The minimum absolute atomic E-state index is 0.0913. The van der Waals surface area contributed by atoms with E-state index in [1.54, 1.807) is 13.1 Å². The van der Waals surface area contributed by atoms with Crippen LogP contribution in [-0.4, -0.2) is 29.5 Å². The van der Waals surface area contributed by atoms with Gasteiger partial charge in [-0.2, -0.15) is 0 Å². The first-order valence-corrected chi connectivity index (χ1v) is 7.26. The molecule has 1 fully saturated rings. The van der Waals surface area contributed by atoms with Crippen molar-refractivity contribution in [2.24, 2.45) is 0 Å². The van der Waals surface area contributed by atoms with Crippen molar-refractivity contribution in [1.82, 2.24) is 4.98 Å². The Labute approximate surface area is 119 Å². The van der Waals surface area contributed by atoms with E-state index in [2.05, 4.69) is 22.1 Å². The first kappa shape index (κ1) is 14.6. The van der Waals surface area contributed by atoms with Gasteiger partial charge in [0, 0.05) is 19.6 Å². The summed E-state index contributed by atoms with van der Waals surface area (Å²) in [5.41, 5.74) is 0.0913. The Balaban J connectivity index is 2.32. The van der Waals surface area contributed by atoms with E-state index in [0.29, 0.717) is 17.7 Å². The highest BCUT2D eigenvalue weighted by Gasteiger charge is 2.23. The first-order chi connectivity index (χ1) is 9.65. The number of pyridine rings is 1. The minimum atomic E-state index is -0.360. The van der Waals surface area contributed by atoms with Crippen molar-refractivity contribution >= 4 is 17.3 Å². The molecule has 0 unspecified atom stereocenters. The van der Waals surface area contributed by atoms with Gasteiger partial charge in [0.15, 0.2) is 0 Å². The minimum Gasteiger partial charge on any atom is -0.373 e. The van der Waals surface area contributed by atoms with Gasteiger partial charge in [-0.3, -0.25) is 10.1 Å². The summed E-state index contributed by atoms with van der Waals surface area (Å²) in [4.78, 5) is 17.4. The number of nitrogens with zero attached hydrogens (tertiary/aromatic N) is 3. The normalized spacial score (nSPS) is 15.9. The van der Waals surface area contributed by atoms with Crippen LogP contribution in [0.3, 0.4) is 0 Å². The van der Waals surface area contributed by atoms with Crippen LogP contribution in [0, 0.1) is 10.1 Å². The highest BCUT2D eigenvalue weighted by atomic mass is 16.6. The van der Waals surface area contributed by atoms with Crippen molar-refractivity contribution in [3.05, 3.63) is 22.2 Å². The van der Waals surface area contributed by atoms with Gasteiger partial charge in [-0.05, 0) is 19.8 Å². The topological polar surface area (TPSA) is 71.3 Å². The summed E-state index contributed by atoms with van der Waals surface area (Å²) in [6, 6.07) is 3.50. The van der Waals surface area contributed by atoms with Crippen molar-refractivity contribution < 1.29 is 4.92 Å². The number of hydrogen-bond acceptors (Lipinski definition) is 5. The van der Waals surface area contributed by atoms with Gasteiger partial charge >= 0.3 is 0 Å². The summed E-state index contributed by atoms with van der Waals surface area (Å²) in [6.07, 6.45) is 6.04. The van der Waals surface area contributed by atoms with E-state index in [-0.39, 0.29) is 10.6 Å². The molecule has 0 amide bonds. The van der Waals surface area contributed by atoms with Gasteiger partial charge in [0.1, 0.15) is 11.6 Å². The molecule has 0 spiro atoms. The van der Waals surface area contributed by atoms with Crippen LogP contribution in [0.4, 0.5) is 17.3 Å². The third-order valence-corrected chi connectivity index (χ3v) is 3.91. The number of nitrogens with one attached hydrogen (secondary N) is 1. The third-order valence-electron chi connectivity index (χ3n) is 3.91. The lowest BCUT2D eigenvalue weighted by Crippen LogP contribution is -2.37. The van der Waals surface area contributed by atoms with E-state index < -0.39 is 0 Å². The van der Waals surface area contributed by atoms with Crippen LogP contribution < -0.4 is 10.2 Å². The van der Waals surface area contributed by atoms with E-state index >= 15 is 0 Å². The predicted octanol–water partition coefficient (Wildman–Crippen LogP) is 3.19. The van der Waals surface area contributed by atoms with E-state index in [1.165, 1.54) is 25.3 Å². The molecule has 6 nitrogen and oxygen atoms in total. The van der Waals surface area contributed by atoms with Crippen LogP contribution in [0.25, 0.3) is 0 Å². The van der Waals surface area contributed by atoms with E-state index in [9.17, 15) is 10.1 Å². The van der Waals surface area contributed by atoms with Gasteiger partial charge in [0.2, 0.25) is 0 Å². The van der Waals surface area contributed by atoms with E-state index in [0.717, 1.165) is 19.4 Å². The Morgan fingerprint density at radius 1 is 1.40 bits per heavy atom. The van der Waals surface area contributed by atoms with Gasteiger partial charge in [-0.1, -0.05) is 19.3 Å². The summed E-state index contributed by atoms with van der Waals surface area (Å²) in [7, 11) is 1.73. The molecule has 6 heteroatoms. The Kier molecular flexibility index (Phi) is 4.76. The average Bonchev–Trinajstić information content (AvgIpc) is 2.48. The number of rotatable bonds is 5. The molecule has 0 bridgehead atoms. The number of hydrogen-bond donors (Lipinski definition) is 1. The van der Waals surface area contributed by atoms with Crippen LogP contribution in [0.2, 0.25) is 0 Å². The molecule has 1 aliphatic carbocycles. The summed E-state index contributed by atoms with van der Waals surface area (Å²) in [5.74, 6) is 1.25. The quantitative estimate of drug-likeness (QED) is 0.661. The summed E-state index contributed by atoms with van der Waals surface area (Å²) in [5, 5.41) is 13.9. The van der Waals surface area contributed by atoms with Gasteiger partial charge in [0.05, 0.1) is 17.1 Å². The molecule has 0 aromatic carbocycles. The first-order valence-electron chi connectivity index (χ1n) is 7.26. The summed E-state index contributed by atoms with van der Waals surface area (Å²) in [6.45, 7) is 2.90. The van der Waals surface area contributed by atoms with Crippen molar-refractivity contribution in [2.75, 3.05) is 23.8 Å². The third kappa shape index (κ3) is 3.18. The van der Waals surface area contributed by atoms with Gasteiger partial charge in [0.25, 0.3) is 5.69 Å². The van der Waals surface area contributed by atoms with E-state index in [4.69, 9.17) is 0 Å². The molecule has 0 saturated heterocycles. The van der Waals surface area contributed by atoms with Gasteiger partial charge < -0.3 is 10.2 Å². The zero-order valence-corrected chi connectivity index (χ0v) is 12.1. The second kappa shape index (κ2) is 6.54. The maximum atomic E-state index is 11.0. The maximum absolute atomic E-state index is 11.0. The van der Waals surface area contributed by atoms with Gasteiger partial charge in [-0.25, -0.2) is 4.98 Å². The lowest BCUT2D eigenvalue weighted by Gasteiger charge is -2.34. The predicted molar refractivity (Wildman–Crippen MR) is 80.3 cm³/mol. The fourth-order valence-electron chi connectivity index (χ4n) is 2.88. The standard InChI is InChI=1S/C14H22N4O2/c1-3-17(11-7-5-4-6-8-11)14-10-12(18(19)20)9-13(15-2)16-14/h9-11H,3-8H2,1-2H3,(H,15,16). The Morgan fingerprint density at radius 3 is 2.65 bits per heavy atom. The number of aromatic nitrogens is 1. The van der Waals surface area contributed by atoms with Crippen molar-refractivity contribution in [1.29, 1.82) is 0 Å². The average molecular weight is 278 g/mol. The molecule has 1 aliphatic rings. The molecule has 2 rings (SSSR count). The molecule has 0 atom stereocenters. The Hall–Kier alpha value is -1.85. The van der Waals surface area contributed by atoms with Crippen molar-refractivity contribution in [3.63, 3.8) is 0 Å². The molecule has 1 saturated carbocycles. The molecular weight excluding hydrogens is 256 g/mol. The van der Waals surface area contributed by atoms with Crippen molar-refractivity contribution in [3.8, 4) is 0 Å². The zero-order valence-electron chi connectivity index (χ0n) is 12.1. The van der Waals surface area contributed by atoms with Crippen LogP contribution in [0.1, 0.15) is 39.0 Å². The maximum Gasteiger partial charge on any atom is 0.276 e. The highest BCUT2D eigenvalue weighted by molar-refractivity contribution is 5.56. The number of nitro groups is 1. The molecule has 0 radical (unpaired) electrons.